The fourth-order valence-electron chi connectivity index (χ4n) is 2.28. The van der Waals surface area contributed by atoms with E-state index in [0.717, 1.165) is 24.6 Å². The van der Waals surface area contributed by atoms with Crippen LogP contribution in [0, 0.1) is 0 Å². The Morgan fingerprint density at radius 2 is 2.12 bits per heavy atom. The van der Waals surface area contributed by atoms with E-state index in [-0.39, 0.29) is 0 Å². The molecule has 0 bridgehead atoms. The zero-order chi connectivity index (χ0) is 11.4. The summed E-state index contributed by atoms with van der Waals surface area (Å²) in [6, 6.07) is 6.03. The lowest BCUT2D eigenvalue weighted by Gasteiger charge is -2.25. The Morgan fingerprint density at radius 3 is 2.75 bits per heavy atom. The summed E-state index contributed by atoms with van der Waals surface area (Å²) in [5.74, 6) is 2.41. The summed E-state index contributed by atoms with van der Waals surface area (Å²) in [5, 5.41) is 3.43. The monoisotopic (exact) mass is 221 g/mol. The highest BCUT2D eigenvalue weighted by Gasteiger charge is 2.19. The van der Waals surface area contributed by atoms with Gasteiger partial charge in [-0.15, -0.1) is 0 Å². The van der Waals surface area contributed by atoms with Crippen LogP contribution in [0.15, 0.2) is 18.2 Å². The molecule has 0 radical (unpaired) electrons. The molecule has 1 N–H and O–H groups in total. The van der Waals surface area contributed by atoms with Crippen molar-refractivity contribution in [3.05, 3.63) is 23.8 Å². The Kier molecular flexibility index (Phi) is 3.67. The van der Waals surface area contributed by atoms with Crippen molar-refractivity contribution < 1.29 is 9.47 Å². The lowest BCUT2D eigenvalue weighted by atomic mass is 9.91. The topological polar surface area (TPSA) is 30.5 Å². The molecule has 1 saturated heterocycles. The summed E-state index contributed by atoms with van der Waals surface area (Å²) in [7, 11) is 3.42. The molecule has 0 unspecified atom stereocenters. The molecule has 0 saturated carbocycles. The van der Waals surface area contributed by atoms with Gasteiger partial charge in [0.2, 0.25) is 0 Å². The first-order valence-electron chi connectivity index (χ1n) is 5.78. The zero-order valence-corrected chi connectivity index (χ0v) is 9.95. The van der Waals surface area contributed by atoms with Crippen molar-refractivity contribution >= 4 is 0 Å². The quantitative estimate of drug-likeness (QED) is 0.848. The predicted octanol–water partition coefficient (Wildman–Crippen LogP) is 2.17. The van der Waals surface area contributed by atoms with Crippen LogP contribution in [0.5, 0.6) is 11.5 Å². The maximum atomic E-state index is 5.41. The van der Waals surface area contributed by atoms with Crippen molar-refractivity contribution in [1.29, 1.82) is 0 Å². The normalized spacial score (nSPS) is 20.5. The van der Waals surface area contributed by atoms with E-state index in [9.17, 15) is 0 Å². The van der Waals surface area contributed by atoms with Gasteiger partial charge in [-0.3, -0.25) is 0 Å². The average Bonchev–Trinajstić information content (AvgIpc) is 2.39. The molecule has 1 aliphatic rings. The third-order valence-electron chi connectivity index (χ3n) is 3.17. The van der Waals surface area contributed by atoms with Crippen molar-refractivity contribution in [2.75, 3.05) is 27.3 Å². The molecule has 3 heteroatoms. The summed E-state index contributed by atoms with van der Waals surface area (Å²) >= 11 is 0. The Labute approximate surface area is 96.8 Å². The van der Waals surface area contributed by atoms with E-state index in [0.29, 0.717) is 5.92 Å². The van der Waals surface area contributed by atoms with Crippen LogP contribution in [0.25, 0.3) is 0 Å². The molecule has 2 rings (SSSR count). The molecule has 1 fully saturated rings. The molecule has 1 heterocycles. The molecular formula is C13H19NO2. The Hall–Kier alpha value is -1.22. The zero-order valence-electron chi connectivity index (χ0n) is 9.95. The van der Waals surface area contributed by atoms with Crippen LogP contribution < -0.4 is 14.8 Å². The number of ether oxygens (including phenoxy) is 2. The molecule has 1 atom stereocenters. The predicted molar refractivity (Wildman–Crippen MR) is 64.4 cm³/mol. The Balaban J connectivity index is 2.27. The fourth-order valence-corrected chi connectivity index (χ4v) is 2.28. The second-order valence-electron chi connectivity index (χ2n) is 4.15. The minimum Gasteiger partial charge on any atom is -0.497 e. The van der Waals surface area contributed by atoms with Crippen molar-refractivity contribution in [1.82, 2.24) is 5.32 Å². The van der Waals surface area contributed by atoms with Crippen LogP contribution in [0.2, 0.25) is 0 Å². The number of rotatable bonds is 3. The van der Waals surface area contributed by atoms with Crippen molar-refractivity contribution in [2.45, 2.75) is 18.8 Å². The van der Waals surface area contributed by atoms with Crippen molar-refractivity contribution in [3.63, 3.8) is 0 Å². The number of methoxy groups -OCH3 is 2. The third-order valence-corrected chi connectivity index (χ3v) is 3.17. The number of benzene rings is 1. The van der Waals surface area contributed by atoms with Gasteiger partial charge in [0.05, 0.1) is 14.2 Å². The number of piperidine rings is 1. The fraction of sp³-hybridized carbons (Fsp3) is 0.538. The molecule has 0 amide bonds. The lowest BCUT2D eigenvalue weighted by molar-refractivity contribution is 0.384. The van der Waals surface area contributed by atoms with Gasteiger partial charge < -0.3 is 14.8 Å². The van der Waals surface area contributed by atoms with E-state index in [1.54, 1.807) is 14.2 Å². The standard InChI is InChI=1S/C13H19NO2/c1-15-11-5-6-13(16-2)12(8-11)10-4-3-7-14-9-10/h5-6,8,10,14H,3-4,7,9H2,1-2H3/t10-/m1/s1. The summed E-state index contributed by atoms with van der Waals surface area (Å²) in [5.41, 5.74) is 1.26. The minimum absolute atomic E-state index is 0.541. The highest BCUT2D eigenvalue weighted by atomic mass is 16.5. The van der Waals surface area contributed by atoms with E-state index >= 15 is 0 Å². The smallest absolute Gasteiger partial charge is 0.122 e. The van der Waals surface area contributed by atoms with E-state index in [2.05, 4.69) is 11.4 Å². The second kappa shape index (κ2) is 5.21. The Morgan fingerprint density at radius 1 is 1.25 bits per heavy atom. The highest BCUT2D eigenvalue weighted by Crippen LogP contribution is 2.33. The molecule has 0 spiro atoms. The van der Waals surface area contributed by atoms with Crippen molar-refractivity contribution in [2.24, 2.45) is 0 Å². The number of hydrogen-bond acceptors (Lipinski definition) is 3. The molecule has 3 nitrogen and oxygen atoms in total. The molecule has 0 aliphatic carbocycles. The van der Waals surface area contributed by atoms with Gasteiger partial charge in [-0.05, 0) is 37.6 Å². The minimum atomic E-state index is 0.541. The molecule has 0 aromatic heterocycles. The lowest BCUT2D eigenvalue weighted by Crippen LogP contribution is -2.28. The van der Waals surface area contributed by atoms with Crippen molar-refractivity contribution in [3.8, 4) is 11.5 Å². The van der Waals surface area contributed by atoms with Gasteiger partial charge in [0.15, 0.2) is 0 Å². The molecule has 1 aromatic carbocycles. The van der Waals surface area contributed by atoms with Gasteiger partial charge in [-0.1, -0.05) is 0 Å². The maximum absolute atomic E-state index is 5.41. The summed E-state index contributed by atoms with van der Waals surface area (Å²) in [4.78, 5) is 0. The summed E-state index contributed by atoms with van der Waals surface area (Å²) in [6.07, 6.45) is 2.45. The summed E-state index contributed by atoms with van der Waals surface area (Å²) < 4.78 is 10.7. The van der Waals surface area contributed by atoms with Crippen LogP contribution in [-0.2, 0) is 0 Å². The first-order valence-corrected chi connectivity index (χ1v) is 5.78. The second-order valence-corrected chi connectivity index (χ2v) is 4.15. The first-order chi connectivity index (χ1) is 7.85. The van der Waals surface area contributed by atoms with Gasteiger partial charge >= 0.3 is 0 Å². The Bertz CT molecular complexity index is 346. The number of hydrogen-bond donors (Lipinski definition) is 1. The largest absolute Gasteiger partial charge is 0.497 e. The van der Waals surface area contributed by atoms with Gasteiger partial charge in [0.1, 0.15) is 11.5 Å². The molecule has 1 aromatic rings. The SMILES string of the molecule is COc1ccc(OC)c([C@@H]2CCCNC2)c1. The van der Waals surface area contributed by atoms with E-state index in [4.69, 9.17) is 9.47 Å². The molecular weight excluding hydrogens is 202 g/mol. The van der Waals surface area contributed by atoms with E-state index in [1.807, 2.05) is 12.1 Å². The van der Waals surface area contributed by atoms with Crippen LogP contribution in [0.4, 0.5) is 0 Å². The van der Waals surface area contributed by atoms with Crippen LogP contribution in [0.3, 0.4) is 0 Å². The number of nitrogens with one attached hydrogen (secondary N) is 1. The van der Waals surface area contributed by atoms with Crippen LogP contribution in [0.1, 0.15) is 24.3 Å². The van der Waals surface area contributed by atoms with Gasteiger partial charge in [0, 0.05) is 18.0 Å². The van der Waals surface area contributed by atoms with Crippen LogP contribution >= 0.6 is 0 Å². The van der Waals surface area contributed by atoms with E-state index in [1.165, 1.54) is 18.4 Å². The van der Waals surface area contributed by atoms with Gasteiger partial charge in [-0.2, -0.15) is 0 Å². The van der Waals surface area contributed by atoms with Gasteiger partial charge in [0.25, 0.3) is 0 Å². The van der Waals surface area contributed by atoms with E-state index < -0.39 is 0 Å². The van der Waals surface area contributed by atoms with Crippen LogP contribution in [-0.4, -0.2) is 27.3 Å². The molecule has 1 aliphatic heterocycles. The first kappa shape index (κ1) is 11.3. The third kappa shape index (κ3) is 2.30. The molecule has 16 heavy (non-hydrogen) atoms. The average molecular weight is 221 g/mol. The molecule has 88 valence electrons. The maximum Gasteiger partial charge on any atom is 0.122 e. The highest BCUT2D eigenvalue weighted by molar-refractivity contribution is 5.42. The van der Waals surface area contributed by atoms with Gasteiger partial charge in [-0.25, -0.2) is 0 Å². The summed E-state index contributed by atoms with van der Waals surface area (Å²) in [6.45, 7) is 2.16.